The van der Waals surface area contributed by atoms with Crippen molar-refractivity contribution in [3.05, 3.63) is 24.8 Å². The monoisotopic (exact) mass is 124 g/mol. The lowest BCUT2D eigenvalue weighted by atomic mass is 10.2. The van der Waals surface area contributed by atoms with E-state index in [1.54, 1.807) is 6.26 Å². The Morgan fingerprint density at radius 3 is 2.56 bits per heavy atom. The maximum atomic E-state index is 5.05. The highest BCUT2D eigenvalue weighted by Gasteiger charge is 2.03. The molecule has 0 aliphatic carbocycles. The molecule has 1 radical (unpaired) electrons. The van der Waals surface area contributed by atoms with Crippen molar-refractivity contribution in [3.8, 4) is 0 Å². The fourth-order valence-corrected chi connectivity index (χ4v) is 0.588. The summed E-state index contributed by atoms with van der Waals surface area (Å²) in [5, 5.41) is 0. The van der Waals surface area contributed by atoms with Gasteiger partial charge in [0.05, 0.1) is 5.69 Å². The Labute approximate surface area is 54.9 Å². The second-order valence-electron chi connectivity index (χ2n) is 2.33. The van der Waals surface area contributed by atoms with E-state index in [9.17, 15) is 0 Å². The van der Waals surface area contributed by atoms with Crippen LogP contribution in [0.1, 0.15) is 31.4 Å². The molecular formula is C7H10NO. The number of hydrogen-bond acceptors (Lipinski definition) is 2. The highest BCUT2D eigenvalue weighted by molar-refractivity contribution is 5.01. The van der Waals surface area contributed by atoms with Gasteiger partial charge in [-0.1, -0.05) is 13.8 Å². The summed E-state index contributed by atoms with van der Waals surface area (Å²) >= 11 is 0. The quantitative estimate of drug-likeness (QED) is 0.572. The smallest absolute Gasteiger partial charge is 0.196 e. The van der Waals surface area contributed by atoms with Crippen LogP contribution in [-0.4, -0.2) is 4.98 Å². The molecule has 0 aliphatic rings. The van der Waals surface area contributed by atoms with Crippen molar-refractivity contribution >= 4 is 0 Å². The number of hydrogen-bond donors (Lipinski definition) is 0. The van der Waals surface area contributed by atoms with Gasteiger partial charge in [0.25, 0.3) is 0 Å². The van der Waals surface area contributed by atoms with Crippen LogP contribution in [0.3, 0.4) is 0 Å². The van der Waals surface area contributed by atoms with Crippen molar-refractivity contribution in [2.75, 3.05) is 0 Å². The molecule has 0 saturated carbocycles. The van der Waals surface area contributed by atoms with E-state index in [2.05, 4.69) is 11.9 Å². The molecule has 9 heavy (non-hydrogen) atoms. The molecule has 1 aromatic heterocycles. The van der Waals surface area contributed by atoms with Crippen LogP contribution in [0.15, 0.2) is 10.7 Å². The van der Waals surface area contributed by atoms with E-state index >= 15 is 0 Å². The molecule has 1 aromatic rings. The third kappa shape index (κ3) is 1.31. The highest BCUT2D eigenvalue weighted by Crippen LogP contribution is 2.11. The van der Waals surface area contributed by atoms with Crippen LogP contribution in [0, 0.1) is 6.92 Å². The summed E-state index contributed by atoms with van der Waals surface area (Å²) in [7, 11) is 0. The van der Waals surface area contributed by atoms with Gasteiger partial charge in [-0.05, 0) is 6.92 Å². The zero-order valence-electron chi connectivity index (χ0n) is 5.72. The Bertz CT molecular complexity index is 191. The van der Waals surface area contributed by atoms with Crippen molar-refractivity contribution in [2.24, 2.45) is 0 Å². The minimum atomic E-state index is 0.362. The Hall–Kier alpha value is -0.790. The Balaban J connectivity index is 2.85. The Morgan fingerprint density at radius 1 is 1.67 bits per heavy atom. The molecular weight excluding hydrogens is 114 g/mol. The summed E-state index contributed by atoms with van der Waals surface area (Å²) < 4.78 is 5.05. The largest absolute Gasteiger partial charge is 0.448 e. The lowest BCUT2D eigenvalue weighted by Crippen LogP contribution is -1.85. The number of rotatable bonds is 1. The van der Waals surface area contributed by atoms with E-state index in [0.29, 0.717) is 11.6 Å². The molecule has 1 heterocycles. The van der Waals surface area contributed by atoms with Crippen molar-refractivity contribution in [3.63, 3.8) is 0 Å². The molecule has 0 atom stereocenters. The van der Waals surface area contributed by atoms with E-state index in [1.165, 1.54) is 0 Å². The Kier molecular flexibility index (Phi) is 1.56. The Morgan fingerprint density at radius 2 is 2.33 bits per heavy atom. The lowest BCUT2D eigenvalue weighted by Gasteiger charge is -1.93. The van der Waals surface area contributed by atoms with Crippen LogP contribution in [0.2, 0.25) is 0 Å². The van der Waals surface area contributed by atoms with E-state index in [4.69, 9.17) is 4.42 Å². The van der Waals surface area contributed by atoms with Gasteiger partial charge in [0, 0.05) is 5.92 Å². The topological polar surface area (TPSA) is 26.0 Å². The summed E-state index contributed by atoms with van der Waals surface area (Å²) in [6.45, 7) is 7.68. The van der Waals surface area contributed by atoms with Crippen molar-refractivity contribution in [2.45, 2.75) is 19.8 Å². The first-order chi connectivity index (χ1) is 4.20. The predicted molar refractivity (Wildman–Crippen MR) is 35.1 cm³/mol. The molecule has 2 heteroatoms. The standard InChI is InChI=1S/C7H10NO/c1-5(2)7-8-6(3)4-9-7/h4-5H,3H2,1-2H3. The van der Waals surface area contributed by atoms with Crippen LogP contribution in [-0.2, 0) is 0 Å². The average molecular weight is 124 g/mol. The summed E-state index contributed by atoms with van der Waals surface area (Å²) in [5.74, 6) is 1.13. The number of aromatic nitrogens is 1. The van der Waals surface area contributed by atoms with Gasteiger partial charge in [-0.25, -0.2) is 4.98 Å². The molecule has 0 aromatic carbocycles. The normalized spacial score (nSPS) is 10.7. The van der Waals surface area contributed by atoms with Gasteiger partial charge in [-0.3, -0.25) is 0 Å². The molecule has 0 spiro atoms. The maximum absolute atomic E-state index is 5.05. The van der Waals surface area contributed by atoms with Crippen molar-refractivity contribution < 1.29 is 4.42 Å². The van der Waals surface area contributed by atoms with Gasteiger partial charge in [-0.15, -0.1) is 0 Å². The van der Waals surface area contributed by atoms with Gasteiger partial charge in [-0.2, -0.15) is 0 Å². The number of oxazole rings is 1. The fourth-order valence-electron chi connectivity index (χ4n) is 0.588. The fraction of sp³-hybridized carbons (Fsp3) is 0.429. The zero-order valence-corrected chi connectivity index (χ0v) is 5.72. The van der Waals surface area contributed by atoms with E-state index in [-0.39, 0.29) is 0 Å². The molecule has 49 valence electrons. The SMILES string of the molecule is [CH2]c1coc(C(C)C)n1. The first-order valence-electron chi connectivity index (χ1n) is 2.97. The third-order valence-corrected chi connectivity index (χ3v) is 1.06. The molecule has 2 nitrogen and oxygen atoms in total. The molecule has 0 N–H and O–H groups in total. The van der Waals surface area contributed by atoms with E-state index < -0.39 is 0 Å². The summed E-state index contributed by atoms with van der Waals surface area (Å²) in [4.78, 5) is 4.03. The molecule has 1 rings (SSSR count). The predicted octanol–water partition coefficient (Wildman–Crippen LogP) is 1.98. The lowest BCUT2D eigenvalue weighted by molar-refractivity contribution is 0.471. The van der Waals surface area contributed by atoms with Crippen molar-refractivity contribution in [1.82, 2.24) is 4.98 Å². The molecule has 0 bridgehead atoms. The highest BCUT2D eigenvalue weighted by atomic mass is 16.3. The van der Waals surface area contributed by atoms with Gasteiger partial charge in [0.15, 0.2) is 5.89 Å². The third-order valence-electron chi connectivity index (χ3n) is 1.06. The second kappa shape index (κ2) is 2.21. The van der Waals surface area contributed by atoms with E-state index in [1.807, 2.05) is 13.8 Å². The minimum Gasteiger partial charge on any atom is -0.448 e. The van der Waals surface area contributed by atoms with Crippen LogP contribution in [0.4, 0.5) is 0 Å². The van der Waals surface area contributed by atoms with E-state index in [0.717, 1.165) is 5.89 Å². The zero-order chi connectivity index (χ0) is 6.85. The molecule has 0 aliphatic heterocycles. The van der Waals surface area contributed by atoms with Crippen LogP contribution in [0.5, 0.6) is 0 Å². The molecule has 0 saturated heterocycles. The first-order valence-corrected chi connectivity index (χ1v) is 2.97. The van der Waals surface area contributed by atoms with Crippen molar-refractivity contribution in [1.29, 1.82) is 0 Å². The second-order valence-corrected chi connectivity index (χ2v) is 2.33. The average Bonchev–Trinajstić information content (AvgIpc) is 2.14. The molecule has 0 amide bonds. The van der Waals surface area contributed by atoms with Gasteiger partial charge in [0.1, 0.15) is 6.26 Å². The van der Waals surface area contributed by atoms with Crippen LogP contribution >= 0.6 is 0 Å². The van der Waals surface area contributed by atoms with Gasteiger partial charge in [0.2, 0.25) is 0 Å². The minimum absolute atomic E-state index is 0.362. The number of nitrogens with zero attached hydrogens (tertiary/aromatic N) is 1. The van der Waals surface area contributed by atoms with Crippen LogP contribution in [0.25, 0.3) is 0 Å². The summed E-state index contributed by atoms with van der Waals surface area (Å²) in [6.07, 6.45) is 1.56. The van der Waals surface area contributed by atoms with Gasteiger partial charge < -0.3 is 4.42 Å². The molecule has 0 unspecified atom stereocenters. The summed E-state index contributed by atoms with van der Waals surface area (Å²) in [6, 6.07) is 0. The van der Waals surface area contributed by atoms with Gasteiger partial charge >= 0.3 is 0 Å². The van der Waals surface area contributed by atoms with Crippen LogP contribution < -0.4 is 0 Å². The summed E-state index contributed by atoms with van der Waals surface area (Å²) in [5.41, 5.74) is 0.707. The first kappa shape index (κ1) is 6.33. The molecule has 0 fully saturated rings. The maximum Gasteiger partial charge on any atom is 0.196 e.